The number of benzene rings is 2. The first-order chi connectivity index (χ1) is 12.8. The van der Waals surface area contributed by atoms with Crippen LogP contribution in [0.4, 0.5) is 0 Å². The number of rotatable bonds is 5. The van der Waals surface area contributed by atoms with Gasteiger partial charge in [0.25, 0.3) is 15.9 Å². The van der Waals surface area contributed by atoms with Gasteiger partial charge >= 0.3 is 0 Å². The van der Waals surface area contributed by atoms with Crippen LogP contribution >= 0.6 is 34.8 Å². The molecule has 0 aliphatic heterocycles. The molecule has 3 rings (SSSR count). The molecule has 0 spiro atoms. The summed E-state index contributed by atoms with van der Waals surface area (Å²) in [6.07, 6.45) is 1.31. The number of hydrogen-bond acceptors (Lipinski definition) is 5. The number of carbonyl (C=O) groups is 1. The Hall–Kier alpha value is -2.13. The molecule has 27 heavy (non-hydrogen) atoms. The predicted octanol–water partition coefficient (Wildman–Crippen LogP) is 3.41. The first kappa shape index (κ1) is 19.6. The summed E-state index contributed by atoms with van der Waals surface area (Å²) < 4.78 is 27.9. The van der Waals surface area contributed by atoms with Crippen LogP contribution in [0.15, 0.2) is 53.6 Å². The van der Waals surface area contributed by atoms with Crippen molar-refractivity contribution in [2.75, 3.05) is 0 Å². The molecule has 1 amide bonds. The maximum absolute atomic E-state index is 12.3. The summed E-state index contributed by atoms with van der Waals surface area (Å²) in [6, 6.07) is 10.7. The number of amides is 1. The molecule has 0 bridgehead atoms. The zero-order valence-corrected chi connectivity index (χ0v) is 16.5. The number of hydrogen-bond donors (Lipinski definition) is 1. The number of nitrogens with one attached hydrogen (secondary N) is 1. The van der Waals surface area contributed by atoms with Crippen molar-refractivity contribution in [2.45, 2.75) is 11.4 Å². The Bertz CT molecular complexity index is 1120. The van der Waals surface area contributed by atoms with Crippen molar-refractivity contribution >= 4 is 50.7 Å². The number of carbonyl (C=O) groups excluding carboxylic acids is 1. The van der Waals surface area contributed by atoms with Gasteiger partial charge in [0.15, 0.2) is 5.69 Å². The van der Waals surface area contributed by atoms with Crippen molar-refractivity contribution in [3.63, 3.8) is 0 Å². The average molecular weight is 446 g/mol. The van der Waals surface area contributed by atoms with Gasteiger partial charge in [0.1, 0.15) is 4.90 Å². The molecular formula is C16H11Cl3N4O3S. The minimum Gasteiger partial charge on any atom is -0.266 e. The van der Waals surface area contributed by atoms with Gasteiger partial charge in [-0.05, 0) is 29.8 Å². The molecular weight excluding hydrogens is 435 g/mol. The lowest BCUT2D eigenvalue weighted by molar-refractivity contribution is 0.0976. The molecule has 0 atom stereocenters. The smallest absolute Gasteiger partial charge is 0.266 e. The lowest BCUT2D eigenvalue weighted by Gasteiger charge is -2.06. The third kappa shape index (κ3) is 4.59. The van der Waals surface area contributed by atoms with Crippen LogP contribution in [0.2, 0.25) is 15.1 Å². The van der Waals surface area contributed by atoms with Crippen LogP contribution in [-0.4, -0.2) is 29.3 Å². The van der Waals surface area contributed by atoms with Gasteiger partial charge in [-0.1, -0.05) is 58.2 Å². The molecule has 1 aromatic heterocycles. The first-order valence-electron chi connectivity index (χ1n) is 7.42. The molecule has 11 heteroatoms. The van der Waals surface area contributed by atoms with Gasteiger partial charge in [-0.3, -0.25) is 4.79 Å². The Morgan fingerprint density at radius 1 is 1.07 bits per heavy atom. The molecule has 0 unspecified atom stereocenters. The molecule has 0 saturated heterocycles. The van der Waals surface area contributed by atoms with E-state index in [1.165, 1.54) is 29.1 Å². The molecule has 0 radical (unpaired) electrons. The Kier molecular flexibility index (Phi) is 5.71. The second kappa shape index (κ2) is 7.85. The zero-order valence-electron chi connectivity index (χ0n) is 13.4. The maximum Gasteiger partial charge on any atom is 0.287 e. The molecule has 1 N–H and O–H groups in total. The van der Waals surface area contributed by atoms with E-state index in [-0.39, 0.29) is 22.2 Å². The van der Waals surface area contributed by atoms with Crippen molar-refractivity contribution in [2.24, 2.45) is 0 Å². The average Bonchev–Trinajstić information content (AvgIpc) is 3.06. The molecule has 1 heterocycles. The van der Waals surface area contributed by atoms with E-state index in [1.807, 2.05) is 4.72 Å². The Balaban J connectivity index is 1.76. The summed E-state index contributed by atoms with van der Waals surface area (Å²) in [4.78, 5) is 12.0. The second-order valence-corrected chi connectivity index (χ2v) is 8.30. The Labute approximate surface area is 169 Å². The van der Waals surface area contributed by atoms with Gasteiger partial charge < -0.3 is 0 Å². The summed E-state index contributed by atoms with van der Waals surface area (Å²) in [5, 5.41) is 8.43. The number of sulfonamides is 1. The van der Waals surface area contributed by atoms with Crippen LogP contribution in [0, 0.1) is 0 Å². The molecule has 0 saturated carbocycles. The summed E-state index contributed by atoms with van der Waals surface area (Å²) >= 11 is 17.8. The van der Waals surface area contributed by atoms with E-state index in [4.69, 9.17) is 34.8 Å². The van der Waals surface area contributed by atoms with E-state index >= 15 is 0 Å². The van der Waals surface area contributed by atoms with Crippen molar-refractivity contribution in [3.8, 4) is 0 Å². The highest BCUT2D eigenvalue weighted by Crippen LogP contribution is 2.22. The molecule has 3 aromatic rings. The molecule has 0 aliphatic carbocycles. The normalized spacial score (nSPS) is 11.4. The number of nitrogens with zero attached hydrogens (tertiary/aromatic N) is 3. The second-order valence-electron chi connectivity index (χ2n) is 5.40. The molecule has 0 fully saturated rings. The highest BCUT2D eigenvalue weighted by molar-refractivity contribution is 7.90. The lowest BCUT2D eigenvalue weighted by Crippen LogP contribution is -2.31. The first-order valence-corrected chi connectivity index (χ1v) is 10.0. The van der Waals surface area contributed by atoms with Gasteiger partial charge in [0.2, 0.25) is 0 Å². The fourth-order valence-corrected chi connectivity index (χ4v) is 4.15. The van der Waals surface area contributed by atoms with Crippen molar-refractivity contribution in [1.82, 2.24) is 19.7 Å². The van der Waals surface area contributed by atoms with Crippen LogP contribution in [0.1, 0.15) is 16.1 Å². The van der Waals surface area contributed by atoms with E-state index in [0.717, 1.165) is 0 Å². The molecule has 0 aliphatic rings. The van der Waals surface area contributed by atoms with Crippen LogP contribution in [0.5, 0.6) is 0 Å². The third-order valence-electron chi connectivity index (χ3n) is 3.47. The third-order valence-corrected chi connectivity index (χ3v) is 5.89. The summed E-state index contributed by atoms with van der Waals surface area (Å²) in [5.74, 6) is -0.927. The van der Waals surface area contributed by atoms with Crippen LogP contribution in [0.25, 0.3) is 0 Å². The van der Waals surface area contributed by atoms with Gasteiger partial charge in [-0.15, -0.1) is 5.10 Å². The maximum atomic E-state index is 12.3. The van der Waals surface area contributed by atoms with E-state index in [2.05, 4.69) is 10.3 Å². The van der Waals surface area contributed by atoms with Crippen molar-refractivity contribution in [3.05, 3.63) is 75.0 Å². The SMILES string of the molecule is O=C(NS(=O)(=O)c1ccccc1Cl)c1cn(Cc2ccc(Cl)cc2Cl)nn1. The monoisotopic (exact) mass is 444 g/mol. The van der Waals surface area contributed by atoms with Gasteiger partial charge in [-0.25, -0.2) is 17.8 Å². The van der Waals surface area contributed by atoms with Crippen molar-refractivity contribution < 1.29 is 13.2 Å². The number of halogens is 3. The Morgan fingerprint density at radius 2 is 1.81 bits per heavy atom. The Morgan fingerprint density at radius 3 is 2.52 bits per heavy atom. The van der Waals surface area contributed by atoms with E-state index in [0.29, 0.717) is 15.6 Å². The van der Waals surface area contributed by atoms with Crippen molar-refractivity contribution in [1.29, 1.82) is 0 Å². The largest absolute Gasteiger partial charge is 0.287 e. The topological polar surface area (TPSA) is 94.0 Å². The zero-order chi connectivity index (χ0) is 19.6. The summed E-state index contributed by atoms with van der Waals surface area (Å²) in [7, 11) is -4.14. The van der Waals surface area contributed by atoms with Gasteiger partial charge in [0.05, 0.1) is 17.8 Å². The quantitative estimate of drug-likeness (QED) is 0.649. The minimum absolute atomic E-state index is 0.00108. The highest BCUT2D eigenvalue weighted by atomic mass is 35.5. The molecule has 140 valence electrons. The summed E-state index contributed by atoms with van der Waals surface area (Å²) in [5.41, 5.74) is 0.539. The standard InChI is InChI=1S/C16H11Cl3N4O3S/c17-11-6-5-10(13(19)7-11)8-23-9-14(20-22-23)16(24)21-27(25,26)15-4-2-1-3-12(15)18/h1-7,9H,8H2,(H,21,24). The number of aromatic nitrogens is 3. The van der Waals surface area contributed by atoms with Crippen LogP contribution in [0.3, 0.4) is 0 Å². The highest BCUT2D eigenvalue weighted by Gasteiger charge is 2.23. The van der Waals surface area contributed by atoms with E-state index < -0.39 is 15.9 Å². The molecule has 7 nitrogen and oxygen atoms in total. The summed E-state index contributed by atoms with van der Waals surface area (Å²) in [6.45, 7) is 0.230. The van der Waals surface area contributed by atoms with Gasteiger partial charge in [-0.2, -0.15) is 0 Å². The lowest BCUT2D eigenvalue weighted by atomic mass is 10.2. The fraction of sp³-hybridized carbons (Fsp3) is 0.0625. The van der Waals surface area contributed by atoms with Gasteiger partial charge in [0, 0.05) is 10.0 Å². The van der Waals surface area contributed by atoms with E-state index in [1.54, 1.807) is 24.3 Å². The van der Waals surface area contributed by atoms with Crippen LogP contribution in [-0.2, 0) is 16.6 Å². The fourth-order valence-electron chi connectivity index (χ4n) is 2.20. The van der Waals surface area contributed by atoms with Crippen LogP contribution < -0.4 is 4.72 Å². The van der Waals surface area contributed by atoms with E-state index in [9.17, 15) is 13.2 Å². The molecule has 2 aromatic carbocycles. The minimum atomic E-state index is -4.14. The predicted molar refractivity (Wildman–Crippen MR) is 102 cm³/mol.